The van der Waals surface area contributed by atoms with Gasteiger partial charge in [-0.1, -0.05) is 5.21 Å². The van der Waals surface area contributed by atoms with Crippen molar-refractivity contribution >= 4 is 5.91 Å². The summed E-state index contributed by atoms with van der Waals surface area (Å²) in [5, 5.41) is 11.2. The molecular formula is C17H24N6O2. The van der Waals surface area contributed by atoms with Crippen molar-refractivity contribution in [1.82, 2.24) is 25.2 Å². The molecule has 4 atom stereocenters. The average Bonchev–Trinajstić information content (AvgIpc) is 3.32. The van der Waals surface area contributed by atoms with Crippen molar-refractivity contribution in [3.63, 3.8) is 0 Å². The third-order valence-corrected chi connectivity index (χ3v) is 5.43. The molecular weight excluding hydrogens is 320 g/mol. The van der Waals surface area contributed by atoms with Gasteiger partial charge in [0.1, 0.15) is 5.76 Å². The summed E-state index contributed by atoms with van der Waals surface area (Å²) in [6.45, 7) is 3.55. The molecule has 0 radical (unpaired) electrons. The molecule has 0 aromatic carbocycles. The molecule has 5 heterocycles. The molecule has 5 rings (SSSR count). The molecule has 25 heavy (non-hydrogen) atoms. The summed E-state index contributed by atoms with van der Waals surface area (Å²) >= 11 is 0. The topological polar surface area (TPSA) is 102 Å². The van der Waals surface area contributed by atoms with E-state index in [4.69, 9.17) is 10.2 Å². The van der Waals surface area contributed by atoms with Gasteiger partial charge in [-0.05, 0) is 37.4 Å². The van der Waals surface area contributed by atoms with Crippen LogP contribution in [0.4, 0.5) is 0 Å². The summed E-state index contributed by atoms with van der Waals surface area (Å²) in [5.74, 6) is 1.42. The fourth-order valence-electron chi connectivity index (χ4n) is 4.08. The van der Waals surface area contributed by atoms with Gasteiger partial charge < -0.3 is 15.5 Å². The number of piperidine rings is 3. The van der Waals surface area contributed by atoms with E-state index in [1.165, 1.54) is 0 Å². The van der Waals surface area contributed by atoms with Crippen LogP contribution in [0.15, 0.2) is 29.0 Å². The molecule has 3 fully saturated rings. The van der Waals surface area contributed by atoms with Gasteiger partial charge in [0, 0.05) is 25.3 Å². The van der Waals surface area contributed by atoms with Crippen molar-refractivity contribution < 1.29 is 9.21 Å². The Bertz CT molecular complexity index is 713. The number of carbonyl (C=O) groups is 1. The number of amides is 1. The third-order valence-electron chi connectivity index (χ3n) is 5.43. The van der Waals surface area contributed by atoms with E-state index in [-0.39, 0.29) is 11.8 Å². The third kappa shape index (κ3) is 3.45. The minimum absolute atomic E-state index is 0.0651. The second-order valence-electron chi connectivity index (χ2n) is 6.97. The number of furan rings is 1. The molecule has 2 bridgehead atoms. The molecule has 0 spiro atoms. The fourth-order valence-corrected chi connectivity index (χ4v) is 4.08. The Labute approximate surface area is 146 Å². The van der Waals surface area contributed by atoms with Gasteiger partial charge in [-0.3, -0.25) is 14.4 Å². The minimum atomic E-state index is 0.0651. The first-order chi connectivity index (χ1) is 12.2. The van der Waals surface area contributed by atoms with E-state index >= 15 is 0 Å². The molecule has 0 aliphatic carbocycles. The van der Waals surface area contributed by atoms with Gasteiger partial charge in [-0.15, -0.1) is 5.10 Å². The van der Waals surface area contributed by atoms with Gasteiger partial charge in [0.15, 0.2) is 0 Å². The van der Waals surface area contributed by atoms with Crippen molar-refractivity contribution in [1.29, 1.82) is 0 Å². The Balaban J connectivity index is 1.34. The smallest absolute Gasteiger partial charge is 0.225 e. The number of nitrogens with one attached hydrogen (secondary N) is 1. The molecule has 2 aromatic heterocycles. The number of fused-ring (bicyclic) bond motifs is 3. The van der Waals surface area contributed by atoms with Gasteiger partial charge in [-0.25, -0.2) is 0 Å². The van der Waals surface area contributed by atoms with E-state index in [1.54, 1.807) is 6.26 Å². The van der Waals surface area contributed by atoms with Crippen LogP contribution in [0.1, 0.15) is 24.3 Å². The number of rotatable bonds is 6. The monoisotopic (exact) mass is 344 g/mol. The van der Waals surface area contributed by atoms with Gasteiger partial charge in [0.25, 0.3) is 0 Å². The summed E-state index contributed by atoms with van der Waals surface area (Å²) in [6.07, 6.45) is 5.65. The fraction of sp³-hybridized carbons (Fsp3) is 0.588. The Morgan fingerprint density at radius 2 is 2.40 bits per heavy atom. The van der Waals surface area contributed by atoms with Crippen LogP contribution in [0.25, 0.3) is 0 Å². The van der Waals surface area contributed by atoms with Crippen molar-refractivity contribution in [2.75, 3.05) is 13.1 Å². The molecule has 2 aromatic rings. The Kier molecular flexibility index (Phi) is 4.54. The highest BCUT2D eigenvalue weighted by atomic mass is 16.3. The number of hydrogen-bond acceptors (Lipinski definition) is 6. The Hall–Kier alpha value is -2.19. The SMILES string of the molecule is NCc1cn(C[C@H]2CC3CCN2C[C@@H]3C(=O)NCc2ccco2)nn1. The number of nitrogens with two attached hydrogens (primary N) is 1. The van der Waals surface area contributed by atoms with Crippen LogP contribution < -0.4 is 11.1 Å². The normalized spacial score (nSPS) is 28.2. The Morgan fingerprint density at radius 3 is 3.08 bits per heavy atom. The zero-order valence-corrected chi connectivity index (χ0v) is 14.2. The quantitative estimate of drug-likeness (QED) is 0.784. The van der Waals surface area contributed by atoms with Gasteiger partial charge in [-0.2, -0.15) is 0 Å². The van der Waals surface area contributed by atoms with E-state index in [9.17, 15) is 4.79 Å². The lowest BCUT2D eigenvalue weighted by Crippen LogP contribution is -2.57. The molecule has 3 aliphatic heterocycles. The molecule has 3 aliphatic rings. The molecule has 3 N–H and O–H groups in total. The lowest BCUT2D eigenvalue weighted by Gasteiger charge is -2.49. The highest BCUT2D eigenvalue weighted by Crippen LogP contribution is 2.36. The van der Waals surface area contributed by atoms with Crippen LogP contribution in [-0.2, 0) is 24.4 Å². The maximum Gasteiger partial charge on any atom is 0.225 e. The van der Waals surface area contributed by atoms with Gasteiger partial charge in [0.05, 0.1) is 31.0 Å². The first-order valence-corrected chi connectivity index (χ1v) is 8.86. The standard InChI is InChI=1S/C17H24N6O2/c18-7-13-9-23(21-20-13)10-14-6-12-3-4-22(14)11-16(12)17(24)19-8-15-2-1-5-25-15/h1-2,5,9,12,14,16H,3-4,6-8,10-11,18H2,(H,19,24)/t12?,14-,16+/m1/s1. The van der Waals surface area contributed by atoms with Crippen LogP contribution in [-0.4, -0.2) is 44.9 Å². The van der Waals surface area contributed by atoms with Crippen LogP contribution >= 0.6 is 0 Å². The zero-order chi connectivity index (χ0) is 17.2. The summed E-state index contributed by atoms with van der Waals surface area (Å²) in [6, 6.07) is 4.13. The number of hydrogen-bond donors (Lipinski definition) is 2. The predicted molar refractivity (Wildman–Crippen MR) is 90.0 cm³/mol. The first kappa shape index (κ1) is 16.3. The minimum Gasteiger partial charge on any atom is -0.467 e. The number of carbonyl (C=O) groups excluding carboxylic acids is 1. The first-order valence-electron chi connectivity index (χ1n) is 8.86. The molecule has 134 valence electrons. The second kappa shape index (κ2) is 6.97. The van der Waals surface area contributed by atoms with E-state index in [2.05, 4.69) is 20.5 Å². The lowest BCUT2D eigenvalue weighted by atomic mass is 9.75. The summed E-state index contributed by atoms with van der Waals surface area (Å²) in [7, 11) is 0. The van der Waals surface area contributed by atoms with Crippen molar-refractivity contribution in [2.24, 2.45) is 17.6 Å². The van der Waals surface area contributed by atoms with Gasteiger partial charge >= 0.3 is 0 Å². The average molecular weight is 344 g/mol. The molecule has 1 amide bonds. The van der Waals surface area contributed by atoms with Crippen molar-refractivity contribution in [2.45, 2.75) is 38.5 Å². The van der Waals surface area contributed by atoms with Crippen LogP contribution in [0.3, 0.4) is 0 Å². The van der Waals surface area contributed by atoms with Crippen LogP contribution in [0.5, 0.6) is 0 Å². The van der Waals surface area contributed by atoms with Crippen LogP contribution in [0.2, 0.25) is 0 Å². The second-order valence-corrected chi connectivity index (χ2v) is 6.97. The molecule has 2 unspecified atom stereocenters. The number of aromatic nitrogens is 3. The van der Waals surface area contributed by atoms with Gasteiger partial charge in [0.2, 0.25) is 5.91 Å². The summed E-state index contributed by atoms with van der Waals surface area (Å²) in [4.78, 5) is 15.0. The highest BCUT2D eigenvalue weighted by Gasteiger charge is 2.43. The van der Waals surface area contributed by atoms with Crippen LogP contribution in [0, 0.1) is 11.8 Å². The lowest BCUT2D eigenvalue weighted by molar-refractivity contribution is -0.133. The summed E-state index contributed by atoms with van der Waals surface area (Å²) < 4.78 is 7.15. The number of nitrogens with zero attached hydrogens (tertiary/aromatic N) is 4. The summed E-state index contributed by atoms with van der Waals surface area (Å²) in [5.41, 5.74) is 6.41. The molecule has 8 nitrogen and oxygen atoms in total. The molecule has 0 saturated carbocycles. The van der Waals surface area contributed by atoms with E-state index < -0.39 is 0 Å². The molecule has 8 heteroatoms. The molecule has 3 saturated heterocycles. The van der Waals surface area contributed by atoms with Crippen molar-refractivity contribution in [3.05, 3.63) is 36.0 Å². The van der Waals surface area contributed by atoms with E-state index in [1.807, 2.05) is 23.0 Å². The maximum atomic E-state index is 12.6. The van der Waals surface area contributed by atoms with Crippen molar-refractivity contribution in [3.8, 4) is 0 Å². The maximum absolute atomic E-state index is 12.6. The predicted octanol–water partition coefficient (Wildman–Crippen LogP) is 0.357. The Morgan fingerprint density at radius 1 is 1.48 bits per heavy atom. The highest BCUT2D eigenvalue weighted by molar-refractivity contribution is 5.79. The van der Waals surface area contributed by atoms with E-state index in [0.29, 0.717) is 25.0 Å². The van der Waals surface area contributed by atoms with E-state index in [0.717, 1.165) is 43.9 Å². The largest absolute Gasteiger partial charge is 0.467 e. The zero-order valence-electron chi connectivity index (χ0n) is 14.2.